The molecule has 11 rings (SSSR count). The number of imidazole rings is 3. The van der Waals surface area contributed by atoms with Crippen LogP contribution in [0.5, 0.6) is 0 Å². The molecule has 3 aliphatic rings. The van der Waals surface area contributed by atoms with E-state index < -0.39 is 48.3 Å². The van der Waals surface area contributed by atoms with Crippen molar-refractivity contribution < 1.29 is 46.6 Å². The molecule has 0 saturated carbocycles. The first-order valence-electron chi connectivity index (χ1n) is 36.7. The Morgan fingerprint density at radius 1 is 0.486 bits per heavy atom. The molecule has 30 heteroatoms. The standard InChI is InChI=1S/C29H42IN5O4Si.C24H34IN5O2Si.C22H37N5O4Si/c1-10-21-22(39-40(8,9)29(5,6)7)15-23(37-21)35-18-33-24-25(31-17-32-26(24)35)34(27(36)38-28(2,3)4)16-19-11-13-20(30)14-12-19;1-7-18-19(32-33(5,6)24(2,3)4)12-20(31-18)30-15-29-21-22(27-14-28-23(21)30)26-13-16-8-10-17(25)11-9-16;1-10-14-15(31-32(8,9)22(5,6)7)11-16(29-14)27-13-25-17-18(23-12-24-19(17)27)26-20(28)30-21(2,3)4/h11-14,17-18,21-23H,10,15-16H2,1-9H3;8-11,14-15,18-20H,7,12-13H2,1-6H3,(H,26,27,28);12-16H,10-11H2,1-9H3,(H,23,24,26,28)/t21-,22?,23-;18-,19?,20-;14-,15?,16-/m111/s1. The summed E-state index contributed by atoms with van der Waals surface area (Å²) in [6.45, 7) is 52.3. The summed E-state index contributed by atoms with van der Waals surface area (Å²) in [7, 11) is -5.81. The van der Waals surface area contributed by atoms with E-state index in [0.29, 0.717) is 46.9 Å². The van der Waals surface area contributed by atoms with Crippen LogP contribution in [0.1, 0.15) is 193 Å². The molecule has 105 heavy (non-hydrogen) atoms. The lowest BCUT2D eigenvalue weighted by molar-refractivity contribution is -0.0162. The van der Waals surface area contributed by atoms with Crippen molar-refractivity contribution in [1.82, 2.24) is 58.6 Å². The van der Waals surface area contributed by atoms with Crippen molar-refractivity contribution in [2.75, 3.05) is 15.5 Å². The van der Waals surface area contributed by atoms with Gasteiger partial charge in [0.15, 0.2) is 75.9 Å². The third kappa shape index (κ3) is 20.6. The van der Waals surface area contributed by atoms with Crippen LogP contribution in [-0.4, -0.2) is 144 Å². The van der Waals surface area contributed by atoms with E-state index in [1.165, 1.54) is 26.7 Å². The number of nitrogens with one attached hydrogen (secondary N) is 2. The first kappa shape index (κ1) is 83.3. The molecule has 3 unspecified atom stereocenters. The van der Waals surface area contributed by atoms with Gasteiger partial charge in [0.2, 0.25) is 0 Å². The van der Waals surface area contributed by atoms with Gasteiger partial charge in [-0.05, 0) is 196 Å². The van der Waals surface area contributed by atoms with Gasteiger partial charge in [0.1, 0.15) is 48.9 Å². The van der Waals surface area contributed by atoms with Crippen LogP contribution in [-0.2, 0) is 50.1 Å². The van der Waals surface area contributed by atoms with Gasteiger partial charge in [0.25, 0.3) is 0 Å². The van der Waals surface area contributed by atoms with Crippen LogP contribution < -0.4 is 15.5 Å². The summed E-state index contributed by atoms with van der Waals surface area (Å²) in [5.74, 6) is 1.44. The summed E-state index contributed by atoms with van der Waals surface area (Å²) >= 11 is 4.58. The second kappa shape index (κ2) is 33.3. The van der Waals surface area contributed by atoms with Crippen molar-refractivity contribution in [3.63, 3.8) is 0 Å². The summed E-state index contributed by atoms with van der Waals surface area (Å²) in [6.07, 6.45) is 13.0. The van der Waals surface area contributed by atoms with Gasteiger partial charge >= 0.3 is 12.2 Å². The van der Waals surface area contributed by atoms with Crippen LogP contribution in [0.2, 0.25) is 54.4 Å². The van der Waals surface area contributed by atoms with Crippen molar-refractivity contribution in [1.29, 1.82) is 0 Å². The molecule has 3 saturated heterocycles. The minimum atomic E-state index is -1.98. The third-order valence-electron chi connectivity index (χ3n) is 20.6. The Hall–Kier alpha value is -5.70. The van der Waals surface area contributed by atoms with Crippen molar-refractivity contribution in [2.24, 2.45) is 0 Å². The van der Waals surface area contributed by atoms with Gasteiger partial charge < -0.3 is 42.3 Å². The highest BCUT2D eigenvalue weighted by Gasteiger charge is 2.48. The Bertz CT molecular complexity index is 4240. The van der Waals surface area contributed by atoms with Crippen molar-refractivity contribution >= 4 is 133 Å². The second-order valence-electron chi connectivity index (χ2n) is 34.0. The quantitative estimate of drug-likeness (QED) is 0.0563. The van der Waals surface area contributed by atoms with Gasteiger partial charge in [0, 0.05) is 32.9 Å². The van der Waals surface area contributed by atoms with E-state index in [4.69, 9.17) is 37.0 Å². The number of fused-ring (bicyclic) bond motifs is 3. The minimum Gasteiger partial charge on any atom is -0.444 e. The Labute approximate surface area is 651 Å². The zero-order valence-corrected chi connectivity index (χ0v) is 73.4. The van der Waals surface area contributed by atoms with Gasteiger partial charge in [-0.1, -0.05) is 107 Å². The number of hydrogen-bond donors (Lipinski definition) is 2. The summed E-state index contributed by atoms with van der Waals surface area (Å²) in [5.41, 5.74) is 4.61. The van der Waals surface area contributed by atoms with E-state index >= 15 is 0 Å². The molecule has 2 aromatic carbocycles. The molecule has 0 aliphatic carbocycles. The number of ether oxygens (including phenoxy) is 5. The number of anilines is 3. The molecule has 8 aromatic rings. The number of carbonyl (C=O) groups excluding carboxylic acids is 2. The smallest absolute Gasteiger partial charge is 0.416 e. The summed E-state index contributed by atoms with van der Waals surface area (Å²) in [6, 6.07) is 16.5. The fraction of sp³-hybridized carbons (Fsp3) is 0.613. The number of benzene rings is 2. The summed E-state index contributed by atoms with van der Waals surface area (Å²) in [4.78, 5) is 67.6. The molecule has 25 nitrogen and oxygen atoms in total. The van der Waals surface area contributed by atoms with Crippen LogP contribution in [0, 0.1) is 7.14 Å². The Balaban J connectivity index is 0.000000184. The first-order chi connectivity index (χ1) is 48.9. The largest absolute Gasteiger partial charge is 0.444 e. The average molecular weight is 1720 g/mol. The SMILES string of the molecule is CC[C@H]1O[C@@H](n2cnc3c(N(Cc4ccc(I)cc4)C(=O)OC(C)(C)C)ncnc32)CC1O[Si](C)(C)C(C)(C)C.CC[C@H]1O[C@@H](n2cnc3c(NC(=O)OC(C)(C)C)ncnc32)CC1O[Si](C)(C)C(C)(C)C.CC[C@H]1O[C@@H](n2cnc3c(NCc4ccc(I)cc4)ncnc32)CC1O[Si](C)(C)C(C)(C)C. The molecule has 9 heterocycles. The zero-order valence-electron chi connectivity index (χ0n) is 66.1. The first-order valence-corrected chi connectivity index (χ1v) is 47.5. The van der Waals surface area contributed by atoms with E-state index in [-0.39, 0.29) is 77.0 Å². The molecule has 9 atom stereocenters. The van der Waals surface area contributed by atoms with Gasteiger partial charge in [-0.3, -0.25) is 23.9 Å². The Morgan fingerprint density at radius 3 is 1.22 bits per heavy atom. The van der Waals surface area contributed by atoms with Gasteiger partial charge in [-0.2, -0.15) is 0 Å². The fourth-order valence-electron chi connectivity index (χ4n) is 11.8. The molecular weight excluding hydrogens is 1610 g/mol. The maximum Gasteiger partial charge on any atom is 0.416 e. The molecule has 0 spiro atoms. The summed E-state index contributed by atoms with van der Waals surface area (Å²) in [5, 5.41) is 6.48. The number of rotatable bonds is 19. The summed E-state index contributed by atoms with van der Waals surface area (Å²) < 4.78 is 58.9. The van der Waals surface area contributed by atoms with Crippen LogP contribution in [0.25, 0.3) is 33.5 Å². The van der Waals surface area contributed by atoms with Gasteiger partial charge in [-0.15, -0.1) is 0 Å². The molecule has 0 bridgehead atoms. The average Bonchev–Trinajstić information content (AvgIpc) is 1.65. The highest BCUT2D eigenvalue weighted by atomic mass is 127. The zero-order chi connectivity index (χ0) is 77.2. The minimum absolute atomic E-state index is 0.00575. The van der Waals surface area contributed by atoms with Crippen molar-refractivity contribution in [2.45, 2.75) is 297 Å². The maximum atomic E-state index is 13.4. The number of amides is 2. The van der Waals surface area contributed by atoms with Gasteiger partial charge in [-0.25, -0.2) is 54.4 Å². The highest BCUT2D eigenvalue weighted by molar-refractivity contribution is 14.1. The molecule has 2 amide bonds. The molecular formula is C75H113I2N15O10Si3. The second-order valence-corrected chi connectivity index (χ2v) is 50.7. The molecule has 6 aromatic heterocycles. The third-order valence-corrected chi connectivity index (χ3v) is 35.6. The van der Waals surface area contributed by atoms with E-state index in [9.17, 15) is 9.59 Å². The highest BCUT2D eigenvalue weighted by Crippen LogP contribution is 2.46. The number of hydrogen-bond acceptors (Lipinski definition) is 20. The normalized spacial score (nSPS) is 21.3. The molecule has 2 N–H and O–H groups in total. The maximum absolute atomic E-state index is 13.4. The topological polar surface area (TPSA) is 266 Å². The predicted molar refractivity (Wildman–Crippen MR) is 437 cm³/mol. The number of halogens is 2. The molecule has 574 valence electrons. The lowest BCUT2D eigenvalue weighted by Gasteiger charge is -2.39. The lowest BCUT2D eigenvalue weighted by Crippen LogP contribution is -2.45. The monoisotopic (exact) mass is 1720 g/mol. The van der Waals surface area contributed by atoms with Gasteiger partial charge in [0.05, 0.1) is 62.2 Å². The van der Waals surface area contributed by atoms with Crippen LogP contribution in [0.4, 0.5) is 27.0 Å². The van der Waals surface area contributed by atoms with Crippen molar-refractivity contribution in [3.05, 3.63) is 105 Å². The molecule has 0 radical (unpaired) electrons. The predicted octanol–water partition coefficient (Wildman–Crippen LogP) is 18.9. The van der Waals surface area contributed by atoms with E-state index in [1.807, 2.05) is 65.1 Å². The van der Waals surface area contributed by atoms with E-state index in [2.05, 4.69) is 247 Å². The number of nitrogens with zero attached hydrogens (tertiary/aromatic N) is 13. The van der Waals surface area contributed by atoms with Crippen LogP contribution in [0.15, 0.2) is 86.5 Å². The van der Waals surface area contributed by atoms with E-state index in [0.717, 1.165) is 58.2 Å². The van der Waals surface area contributed by atoms with E-state index in [1.54, 1.807) is 39.8 Å². The van der Waals surface area contributed by atoms with Crippen LogP contribution in [0.3, 0.4) is 0 Å². The Morgan fingerprint density at radius 2 is 0.838 bits per heavy atom. The number of aromatic nitrogens is 12. The lowest BCUT2D eigenvalue weighted by atomic mass is 10.1. The number of carbonyl (C=O) groups is 2. The Kier molecular flexibility index (Phi) is 26.4. The fourth-order valence-corrected chi connectivity index (χ4v) is 16.6. The van der Waals surface area contributed by atoms with Crippen LogP contribution >= 0.6 is 45.2 Å². The molecule has 3 fully saturated rings. The van der Waals surface area contributed by atoms with Crippen molar-refractivity contribution in [3.8, 4) is 0 Å². The molecule has 3 aliphatic heterocycles.